The van der Waals surface area contributed by atoms with Gasteiger partial charge in [0, 0.05) is 54.8 Å². The van der Waals surface area contributed by atoms with Gasteiger partial charge in [-0.15, -0.1) is 0 Å². The number of aromatic nitrogens is 3. The van der Waals surface area contributed by atoms with Gasteiger partial charge in [0.25, 0.3) is 0 Å². The predicted octanol–water partition coefficient (Wildman–Crippen LogP) is 11.2. The van der Waals surface area contributed by atoms with Crippen molar-refractivity contribution in [2.24, 2.45) is 0 Å². The van der Waals surface area contributed by atoms with Crippen molar-refractivity contribution < 1.29 is 4.74 Å². The average Bonchev–Trinajstić information content (AvgIpc) is 3.14. The van der Waals surface area contributed by atoms with E-state index in [2.05, 4.69) is 104 Å². The summed E-state index contributed by atoms with van der Waals surface area (Å²) < 4.78 is 6.81. The second kappa shape index (κ2) is 11.2. The molecule has 6 heteroatoms. The Morgan fingerprint density at radius 3 is 1.56 bits per heavy atom. The van der Waals surface area contributed by atoms with Crippen LogP contribution < -0.4 is 9.64 Å². The molecule has 7 aromatic rings. The van der Waals surface area contributed by atoms with Crippen LogP contribution in [0.15, 0.2) is 155 Å². The molecule has 0 aliphatic carbocycles. The molecule has 0 saturated heterocycles. The quantitative estimate of drug-likeness (QED) is 0.191. The first kappa shape index (κ1) is 28.5. The van der Waals surface area contributed by atoms with Gasteiger partial charge in [-0.25, -0.2) is 15.0 Å². The summed E-state index contributed by atoms with van der Waals surface area (Å²) in [6, 6.07) is 50.2. The van der Waals surface area contributed by atoms with Gasteiger partial charge >= 0.3 is 0 Å². The maximum atomic E-state index is 6.81. The fourth-order valence-electron chi connectivity index (χ4n) is 6.70. The molecule has 0 radical (unpaired) electrons. The first-order chi connectivity index (χ1) is 23.5. The zero-order valence-electron chi connectivity index (χ0n) is 26.5. The topological polar surface area (TPSA) is 51.1 Å². The molecule has 0 N–H and O–H groups in total. The third-order valence-electron chi connectivity index (χ3n) is 9.16. The van der Waals surface area contributed by atoms with Crippen molar-refractivity contribution in [3.8, 4) is 45.7 Å². The first-order valence-electron chi connectivity index (χ1n) is 16.0. The van der Waals surface area contributed by atoms with Crippen molar-refractivity contribution in [2.75, 3.05) is 4.90 Å². The van der Waals surface area contributed by atoms with E-state index < -0.39 is 0 Å². The van der Waals surface area contributed by atoms with Gasteiger partial charge in [0.05, 0.1) is 11.4 Å². The average molecular weight is 639 g/mol. The van der Waals surface area contributed by atoms with Gasteiger partial charge in [-0.05, 0) is 36.4 Å². The van der Waals surface area contributed by atoms with E-state index >= 15 is 0 Å². The molecule has 5 nitrogen and oxygen atoms in total. The van der Waals surface area contributed by atoms with Crippen LogP contribution in [0.2, 0.25) is 0 Å². The molecule has 0 spiro atoms. The summed E-state index contributed by atoms with van der Waals surface area (Å²) in [5, 5.41) is 0. The van der Waals surface area contributed by atoms with Crippen molar-refractivity contribution in [1.29, 1.82) is 0 Å². The van der Waals surface area contributed by atoms with Gasteiger partial charge in [-0.1, -0.05) is 129 Å². The number of ether oxygens (including phenoxy) is 1. The molecule has 3 heterocycles. The van der Waals surface area contributed by atoms with Crippen LogP contribution in [0.3, 0.4) is 0 Å². The summed E-state index contributed by atoms with van der Waals surface area (Å²) in [5.74, 6) is 3.52. The summed E-state index contributed by atoms with van der Waals surface area (Å²) in [6.45, 7) is 4.53. The van der Waals surface area contributed by atoms with E-state index in [1.807, 2.05) is 72.4 Å². The Morgan fingerprint density at radius 2 is 0.979 bits per heavy atom. The third-order valence-corrected chi connectivity index (χ3v) is 10.3. The summed E-state index contributed by atoms with van der Waals surface area (Å²) in [4.78, 5) is 19.6. The van der Waals surface area contributed by atoms with Crippen molar-refractivity contribution >= 4 is 28.8 Å². The predicted molar refractivity (Wildman–Crippen MR) is 194 cm³/mol. The highest BCUT2D eigenvalue weighted by Crippen LogP contribution is 2.54. The van der Waals surface area contributed by atoms with E-state index in [0.717, 1.165) is 56.4 Å². The Kier molecular flexibility index (Phi) is 6.66. The standard InChI is InChI=1S/C42H30N4OS/c1-42(2)31-23-21-29(41-44-39(27-13-5-3-6-14-27)43-40(45-41)28-15-7-4-8-16-28)25-35(31)47-36-26-30(22-24-32(36)42)46-33-17-9-11-19-37(33)48-38-20-12-10-18-34(38)46/h3-26H,1-2H3. The Labute approximate surface area is 284 Å². The molecular formula is C42H30N4OS. The summed E-state index contributed by atoms with van der Waals surface area (Å²) in [6.07, 6.45) is 0. The van der Waals surface area contributed by atoms with Crippen LogP contribution in [-0.2, 0) is 5.41 Å². The molecule has 0 amide bonds. The molecule has 2 aliphatic rings. The number of anilines is 3. The molecule has 9 rings (SSSR count). The smallest absolute Gasteiger partial charge is 0.164 e. The molecule has 6 aromatic carbocycles. The van der Waals surface area contributed by atoms with E-state index in [0.29, 0.717) is 17.5 Å². The van der Waals surface area contributed by atoms with Crippen LogP contribution >= 0.6 is 11.8 Å². The Balaban J connectivity index is 1.15. The second-order valence-electron chi connectivity index (χ2n) is 12.5. The lowest BCUT2D eigenvalue weighted by Gasteiger charge is -2.37. The largest absolute Gasteiger partial charge is 0.457 e. The van der Waals surface area contributed by atoms with Gasteiger partial charge in [0.15, 0.2) is 17.5 Å². The van der Waals surface area contributed by atoms with E-state index in [1.54, 1.807) is 0 Å². The van der Waals surface area contributed by atoms with Gasteiger partial charge in [-0.3, -0.25) is 0 Å². The molecule has 230 valence electrons. The van der Waals surface area contributed by atoms with Gasteiger partial charge in [0.1, 0.15) is 11.5 Å². The monoisotopic (exact) mass is 638 g/mol. The maximum absolute atomic E-state index is 6.81. The van der Waals surface area contributed by atoms with Gasteiger partial charge < -0.3 is 9.64 Å². The molecule has 0 unspecified atom stereocenters. The summed E-state index contributed by atoms with van der Waals surface area (Å²) in [7, 11) is 0. The Bertz CT molecular complexity index is 2240. The highest BCUT2D eigenvalue weighted by molar-refractivity contribution is 7.99. The van der Waals surface area contributed by atoms with Crippen molar-refractivity contribution in [2.45, 2.75) is 29.1 Å². The number of rotatable bonds is 4. The molecule has 0 atom stereocenters. The number of nitrogens with zero attached hydrogens (tertiary/aromatic N) is 4. The van der Waals surface area contributed by atoms with Gasteiger partial charge in [-0.2, -0.15) is 0 Å². The highest BCUT2D eigenvalue weighted by Gasteiger charge is 2.35. The molecule has 0 saturated carbocycles. The van der Waals surface area contributed by atoms with Crippen LogP contribution in [0.1, 0.15) is 25.0 Å². The SMILES string of the molecule is CC1(C)c2ccc(-c3nc(-c4ccccc4)nc(-c4ccccc4)n3)cc2Oc2cc(N3c4ccccc4Sc4ccccc43)ccc21. The van der Waals surface area contributed by atoms with Gasteiger partial charge in [0.2, 0.25) is 0 Å². The number of hydrogen-bond acceptors (Lipinski definition) is 6. The van der Waals surface area contributed by atoms with Crippen LogP contribution in [0.25, 0.3) is 34.2 Å². The third kappa shape index (κ3) is 4.76. The minimum absolute atomic E-state index is 0.281. The summed E-state index contributed by atoms with van der Waals surface area (Å²) >= 11 is 1.81. The number of para-hydroxylation sites is 2. The van der Waals surface area contributed by atoms with Crippen LogP contribution in [0.4, 0.5) is 17.1 Å². The lowest BCUT2D eigenvalue weighted by Crippen LogP contribution is -2.25. The minimum Gasteiger partial charge on any atom is -0.457 e. The lowest BCUT2D eigenvalue weighted by atomic mass is 9.75. The number of fused-ring (bicyclic) bond motifs is 4. The zero-order valence-corrected chi connectivity index (χ0v) is 27.3. The zero-order chi connectivity index (χ0) is 32.2. The number of hydrogen-bond donors (Lipinski definition) is 0. The fraction of sp³-hybridized carbons (Fsp3) is 0.0714. The van der Waals surface area contributed by atoms with Crippen LogP contribution in [0, 0.1) is 0 Å². The van der Waals surface area contributed by atoms with E-state index in [9.17, 15) is 0 Å². The fourth-order valence-corrected chi connectivity index (χ4v) is 7.76. The Hall–Kier alpha value is -5.72. The highest BCUT2D eigenvalue weighted by atomic mass is 32.2. The van der Waals surface area contributed by atoms with Crippen molar-refractivity contribution in [3.63, 3.8) is 0 Å². The molecule has 0 fully saturated rings. The van der Waals surface area contributed by atoms with Crippen molar-refractivity contribution in [3.05, 3.63) is 157 Å². The Morgan fingerprint density at radius 1 is 0.500 bits per heavy atom. The minimum atomic E-state index is -0.281. The lowest BCUT2D eigenvalue weighted by molar-refractivity contribution is 0.418. The van der Waals surface area contributed by atoms with E-state index in [-0.39, 0.29) is 5.41 Å². The molecule has 2 aliphatic heterocycles. The molecular weight excluding hydrogens is 609 g/mol. The summed E-state index contributed by atoms with van der Waals surface area (Å²) in [5.41, 5.74) is 8.13. The van der Waals surface area contributed by atoms with E-state index in [1.165, 1.54) is 9.79 Å². The van der Waals surface area contributed by atoms with Crippen LogP contribution in [0.5, 0.6) is 11.5 Å². The molecule has 0 bridgehead atoms. The molecule has 48 heavy (non-hydrogen) atoms. The molecule has 1 aromatic heterocycles. The first-order valence-corrected chi connectivity index (χ1v) is 16.8. The normalized spacial score (nSPS) is 13.8. The van der Waals surface area contributed by atoms with E-state index in [4.69, 9.17) is 19.7 Å². The van der Waals surface area contributed by atoms with Crippen molar-refractivity contribution in [1.82, 2.24) is 15.0 Å². The number of benzene rings is 6. The second-order valence-corrected chi connectivity index (χ2v) is 13.6. The van der Waals surface area contributed by atoms with Crippen LogP contribution in [-0.4, -0.2) is 15.0 Å². The maximum Gasteiger partial charge on any atom is 0.164 e.